The van der Waals surface area contributed by atoms with E-state index in [1.165, 1.54) is 29.6 Å². The quantitative estimate of drug-likeness (QED) is 0.530. The van der Waals surface area contributed by atoms with Crippen LogP contribution in [-0.4, -0.2) is 42.7 Å². The van der Waals surface area contributed by atoms with E-state index in [0.29, 0.717) is 17.9 Å². The predicted molar refractivity (Wildman–Crippen MR) is 125 cm³/mol. The van der Waals surface area contributed by atoms with Gasteiger partial charge in [0, 0.05) is 31.9 Å². The number of benzene rings is 2. The van der Waals surface area contributed by atoms with Crippen molar-refractivity contribution in [3.05, 3.63) is 82.7 Å². The minimum Gasteiger partial charge on any atom is -0.303 e. The molecule has 0 spiro atoms. The van der Waals surface area contributed by atoms with Crippen LogP contribution in [0.4, 0.5) is 8.78 Å². The third kappa shape index (κ3) is 4.78. The van der Waals surface area contributed by atoms with Gasteiger partial charge in [-0.3, -0.25) is 4.68 Å². The summed E-state index contributed by atoms with van der Waals surface area (Å²) >= 11 is 0. The van der Waals surface area contributed by atoms with Crippen LogP contribution in [0, 0.1) is 17.6 Å². The number of nitrogens with zero attached hydrogens (tertiary/aromatic N) is 3. The highest BCUT2D eigenvalue weighted by atomic mass is 32.2. The lowest BCUT2D eigenvalue weighted by molar-refractivity contribution is 0.145. The van der Waals surface area contributed by atoms with Crippen LogP contribution in [0.15, 0.2) is 53.7 Å². The van der Waals surface area contributed by atoms with E-state index in [-0.39, 0.29) is 23.2 Å². The van der Waals surface area contributed by atoms with Gasteiger partial charge < -0.3 is 4.90 Å². The topological polar surface area (TPSA) is 67.2 Å². The summed E-state index contributed by atoms with van der Waals surface area (Å²) in [6.07, 6.45) is 5.29. The van der Waals surface area contributed by atoms with Crippen molar-refractivity contribution in [2.75, 3.05) is 19.6 Å². The number of hydrogen-bond acceptors (Lipinski definition) is 4. The lowest BCUT2D eigenvalue weighted by Crippen LogP contribution is -2.41. The van der Waals surface area contributed by atoms with Gasteiger partial charge in [0.25, 0.3) is 0 Å². The van der Waals surface area contributed by atoms with Crippen LogP contribution in [0.3, 0.4) is 0 Å². The van der Waals surface area contributed by atoms with Gasteiger partial charge in [0.1, 0.15) is 16.5 Å². The molecule has 0 amide bonds. The van der Waals surface area contributed by atoms with Crippen LogP contribution in [0.25, 0.3) is 0 Å². The number of fused-ring (bicyclic) bond motifs is 1. The first-order valence-corrected chi connectivity index (χ1v) is 13.0. The Kier molecular flexibility index (Phi) is 6.26. The molecule has 2 aliphatic rings. The predicted octanol–water partition coefficient (Wildman–Crippen LogP) is 3.38. The minimum absolute atomic E-state index is 0.0372. The highest BCUT2D eigenvalue weighted by Gasteiger charge is 2.35. The molecule has 1 aliphatic carbocycles. The van der Waals surface area contributed by atoms with Crippen molar-refractivity contribution in [2.45, 2.75) is 36.6 Å². The van der Waals surface area contributed by atoms with Crippen molar-refractivity contribution >= 4 is 10.0 Å². The highest BCUT2D eigenvalue weighted by Crippen LogP contribution is 2.42. The van der Waals surface area contributed by atoms with Gasteiger partial charge in [-0.05, 0) is 79.1 Å². The number of likely N-dealkylation sites (tertiary alicyclic amines) is 1. The highest BCUT2D eigenvalue weighted by molar-refractivity contribution is 7.89. The van der Waals surface area contributed by atoms with Gasteiger partial charge in [-0.2, -0.15) is 5.10 Å². The summed E-state index contributed by atoms with van der Waals surface area (Å²) in [5.41, 5.74) is 3.21. The van der Waals surface area contributed by atoms with Gasteiger partial charge in [0.05, 0.1) is 6.20 Å². The van der Waals surface area contributed by atoms with Crippen molar-refractivity contribution in [3.63, 3.8) is 0 Å². The molecule has 0 saturated carbocycles. The van der Waals surface area contributed by atoms with Crippen LogP contribution in [-0.2, 0) is 36.5 Å². The Bertz CT molecular complexity index is 1300. The van der Waals surface area contributed by atoms with E-state index in [1.54, 1.807) is 31.3 Å². The van der Waals surface area contributed by atoms with E-state index in [4.69, 9.17) is 0 Å². The Morgan fingerprint density at radius 2 is 2.00 bits per heavy atom. The molecule has 0 bridgehead atoms. The van der Waals surface area contributed by atoms with Gasteiger partial charge >= 0.3 is 0 Å². The van der Waals surface area contributed by atoms with Gasteiger partial charge in [-0.25, -0.2) is 21.9 Å². The Morgan fingerprint density at radius 3 is 2.68 bits per heavy atom. The number of hydrogen-bond donors (Lipinski definition) is 1. The molecule has 1 aromatic heterocycles. The number of aromatic nitrogens is 2. The Labute approximate surface area is 198 Å². The number of nitrogens with one attached hydrogen (secondary N) is 1. The van der Waals surface area contributed by atoms with Gasteiger partial charge in [-0.1, -0.05) is 18.2 Å². The van der Waals surface area contributed by atoms with Crippen molar-refractivity contribution in [1.29, 1.82) is 0 Å². The standard InChI is InChI=1S/C25H28F2N4O2S/c1-30-16-22(14-28-30)34(32,33)29-13-19-11-24-18(12-25(19)27)10-20(15-31-6-3-7-31)23(24)9-17-4-2-5-21(26)8-17/h2,4-5,8,11-12,14,16,20,23,29H,3,6-7,9-10,13,15H2,1H3. The molecule has 2 heterocycles. The molecule has 3 aromatic rings. The lowest BCUT2D eigenvalue weighted by atomic mass is 9.85. The number of rotatable bonds is 8. The molecule has 2 unspecified atom stereocenters. The molecule has 0 radical (unpaired) electrons. The van der Waals surface area contributed by atoms with Crippen molar-refractivity contribution in [3.8, 4) is 0 Å². The van der Waals surface area contributed by atoms with Crippen LogP contribution in [0.2, 0.25) is 0 Å². The fraction of sp³-hybridized carbons (Fsp3) is 0.400. The molecule has 2 aromatic carbocycles. The Hall–Kier alpha value is -2.62. The van der Waals surface area contributed by atoms with Crippen LogP contribution >= 0.6 is 0 Å². The van der Waals surface area contributed by atoms with Crippen LogP contribution < -0.4 is 4.72 Å². The maximum Gasteiger partial charge on any atom is 0.243 e. The van der Waals surface area contributed by atoms with Crippen molar-refractivity contribution in [2.24, 2.45) is 13.0 Å². The van der Waals surface area contributed by atoms with E-state index in [1.807, 2.05) is 6.07 Å². The van der Waals surface area contributed by atoms with E-state index >= 15 is 0 Å². The molecular weight excluding hydrogens is 458 g/mol. The maximum atomic E-state index is 15.0. The van der Waals surface area contributed by atoms with E-state index in [0.717, 1.165) is 42.7 Å². The average molecular weight is 487 g/mol. The summed E-state index contributed by atoms with van der Waals surface area (Å²) in [4.78, 5) is 2.45. The smallest absolute Gasteiger partial charge is 0.243 e. The first kappa shape index (κ1) is 23.1. The first-order valence-electron chi connectivity index (χ1n) is 11.5. The number of sulfonamides is 1. The molecule has 1 N–H and O–H groups in total. The Balaban J connectivity index is 1.41. The summed E-state index contributed by atoms with van der Waals surface area (Å²) in [6.45, 7) is 2.93. The molecule has 180 valence electrons. The third-order valence-corrected chi connectivity index (χ3v) is 8.34. The largest absolute Gasteiger partial charge is 0.303 e. The fourth-order valence-corrected chi connectivity index (χ4v) is 6.08. The minimum atomic E-state index is -3.81. The average Bonchev–Trinajstić information content (AvgIpc) is 3.33. The zero-order chi connectivity index (χ0) is 23.9. The SMILES string of the molecule is Cn1cc(S(=O)(=O)NCc2cc3c(cc2F)CC(CN2CCC2)C3Cc2cccc(F)c2)cn1. The third-order valence-electron chi connectivity index (χ3n) is 6.99. The summed E-state index contributed by atoms with van der Waals surface area (Å²) in [7, 11) is -2.17. The number of halogens is 2. The summed E-state index contributed by atoms with van der Waals surface area (Å²) in [6, 6.07) is 9.99. The monoisotopic (exact) mass is 486 g/mol. The van der Waals surface area contributed by atoms with Gasteiger partial charge in [0.2, 0.25) is 10.0 Å². The van der Waals surface area contributed by atoms with Gasteiger partial charge in [0.15, 0.2) is 0 Å². The van der Waals surface area contributed by atoms with E-state index in [9.17, 15) is 17.2 Å². The van der Waals surface area contributed by atoms with Crippen LogP contribution in [0.1, 0.15) is 34.6 Å². The number of aryl methyl sites for hydroxylation is 1. The molecule has 5 rings (SSSR count). The zero-order valence-electron chi connectivity index (χ0n) is 19.0. The molecule has 6 nitrogen and oxygen atoms in total. The zero-order valence-corrected chi connectivity index (χ0v) is 19.9. The fourth-order valence-electron chi connectivity index (χ4n) is 5.09. The summed E-state index contributed by atoms with van der Waals surface area (Å²) < 4.78 is 57.9. The van der Waals surface area contributed by atoms with Crippen molar-refractivity contribution in [1.82, 2.24) is 19.4 Å². The molecule has 2 atom stereocenters. The lowest BCUT2D eigenvalue weighted by Gasteiger charge is -2.35. The second-order valence-electron chi connectivity index (χ2n) is 9.38. The second-order valence-corrected chi connectivity index (χ2v) is 11.1. The van der Waals surface area contributed by atoms with Gasteiger partial charge in [-0.15, -0.1) is 0 Å². The summed E-state index contributed by atoms with van der Waals surface area (Å²) in [5.74, 6) is -0.256. The van der Waals surface area contributed by atoms with E-state index in [2.05, 4.69) is 14.7 Å². The second kappa shape index (κ2) is 9.20. The molecule has 1 saturated heterocycles. The molecule has 34 heavy (non-hydrogen) atoms. The molecular formula is C25H28F2N4O2S. The molecule has 1 fully saturated rings. The normalized spacial score (nSPS) is 20.3. The van der Waals surface area contributed by atoms with E-state index < -0.39 is 15.8 Å². The molecule has 9 heteroatoms. The summed E-state index contributed by atoms with van der Waals surface area (Å²) in [5, 5.41) is 3.90. The Morgan fingerprint density at radius 1 is 1.18 bits per heavy atom. The first-order chi connectivity index (χ1) is 16.3. The maximum absolute atomic E-state index is 15.0. The van der Waals surface area contributed by atoms with Crippen molar-refractivity contribution < 1.29 is 17.2 Å². The molecule has 1 aliphatic heterocycles. The van der Waals surface area contributed by atoms with Crippen LogP contribution in [0.5, 0.6) is 0 Å².